The van der Waals surface area contributed by atoms with Crippen molar-refractivity contribution in [1.82, 2.24) is 5.32 Å². The molecular weight excluding hydrogens is 122 g/mol. The molecule has 0 radical (unpaired) electrons. The van der Waals surface area contributed by atoms with E-state index in [1.165, 1.54) is 6.42 Å². The van der Waals surface area contributed by atoms with Crippen LogP contribution in [0.4, 0.5) is 0 Å². The second-order valence-corrected chi connectivity index (χ2v) is 3.65. The Hall–Kier alpha value is -0.0400. The molecule has 0 rings (SSSR count). The molecule has 1 nitrogen and oxygen atoms in total. The molecule has 10 heavy (non-hydrogen) atoms. The van der Waals surface area contributed by atoms with Gasteiger partial charge in [-0.05, 0) is 32.2 Å². The van der Waals surface area contributed by atoms with Crippen molar-refractivity contribution in [1.29, 1.82) is 0 Å². The van der Waals surface area contributed by atoms with Gasteiger partial charge in [0, 0.05) is 6.04 Å². The standard InChI is InChI=1S/C9H21N/c1-7(2)8(3)6-9(4)10-5/h7-10H,6H2,1-5H3/t8-,9?/m1/s1. The Morgan fingerprint density at radius 2 is 1.60 bits per heavy atom. The summed E-state index contributed by atoms with van der Waals surface area (Å²) in [5.74, 6) is 1.65. The van der Waals surface area contributed by atoms with Gasteiger partial charge in [-0.25, -0.2) is 0 Å². The van der Waals surface area contributed by atoms with E-state index >= 15 is 0 Å². The lowest BCUT2D eigenvalue weighted by molar-refractivity contribution is 0.350. The molecule has 1 unspecified atom stereocenters. The van der Waals surface area contributed by atoms with E-state index in [4.69, 9.17) is 0 Å². The van der Waals surface area contributed by atoms with Crippen LogP contribution in [0.15, 0.2) is 0 Å². The zero-order valence-electron chi connectivity index (χ0n) is 7.94. The van der Waals surface area contributed by atoms with Crippen molar-refractivity contribution in [2.45, 2.75) is 40.2 Å². The fourth-order valence-electron chi connectivity index (χ4n) is 0.948. The van der Waals surface area contributed by atoms with Gasteiger partial charge in [-0.15, -0.1) is 0 Å². The first kappa shape index (κ1) is 9.96. The van der Waals surface area contributed by atoms with E-state index < -0.39 is 0 Å². The molecule has 0 saturated heterocycles. The number of hydrogen-bond acceptors (Lipinski definition) is 1. The van der Waals surface area contributed by atoms with Crippen LogP contribution in [-0.2, 0) is 0 Å². The van der Waals surface area contributed by atoms with Crippen LogP contribution >= 0.6 is 0 Å². The minimum atomic E-state index is 0.664. The van der Waals surface area contributed by atoms with Gasteiger partial charge in [0.1, 0.15) is 0 Å². The van der Waals surface area contributed by atoms with Crippen molar-refractivity contribution in [2.24, 2.45) is 11.8 Å². The highest BCUT2D eigenvalue weighted by Gasteiger charge is 2.09. The minimum absolute atomic E-state index is 0.664. The van der Waals surface area contributed by atoms with Gasteiger partial charge in [0.2, 0.25) is 0 Å². The van der Waals surface area contributed by atoms with E-state index in [9.17, 15) is 0 Å². The number of hydrogen-bond donors (Lipinski definition) is 1. The summed E-state index contributed by atoms with van der Waals surface area (Å²) in [4.78, 5) is 0. The molecule has 0 heterocycles. The average molecular weight is 143 g/mol. The smallest absolute Gasteiger partial charge is 0.00383 e. The van der Waals surface area contributed by atoms with Gasteiger partial charge in [-0.1, -0.05) is 20.8 Å². The molecule has 0 aliphatic carbocycles. The summed E-state index contributed by atoms with van der Waals surface area (Å²) in [5, 5.41) is 3.25. The summed E-state index contributed by atoms with van der Waals surface area (Å²) < 4.78 is 0. The Balaban J connectivity index is 3.46. The highest BCUT2D eigenvalue weighted by molar-refractivity contribution is 4.64. The molecule has 62 valence electrons. The maximum atomic E-state index is 3.25. The van der Waals surface area contributed by atoms with Crippen LogP contribution in [0.5, 0.6) is 0 Å². The zero-order valence-corrected chi connectivity index (χ0v) is 7.94. The summed E-state index contributed by atoms with van der Waals surface area (Å²) in [5.41, 5.74) is 0. The van der Waals surface area contributed by atoms with Gasteiger partial charge in [-0.3, -0.25) is 0 Å². The van der Waals surface area contributed by atoms with Gasteiger partial charge >= 0.3 is 0 Å². The summed E-state index contributed by atoms with van der Waals surface area (Å²) >= 11 is 0. The number of nitrogens with one attached hydrogen (secondary N) is 1. The molecule has 2 atom stereocenters. The van der Waals surface area contributed by atoms with E-state index in [2.05, 4.69) is 33.0 Å². The Morgan fingerprint density at radius 3 is 1.90 bits per heavy atom. The highest BCUT2D eigenvalue weighted by atomic mass is 14.8. The average Bonchev–Trinajstić information content (AvgIpc) is 1.87. The van der Waals surface area contributed by atoms with Crippen molar-refractivity contribution >= 4 is 0 Å². The van der Waals surface area contributed by atoms with E-state index in [-0.39, 0.29) is 0 Å². The normalized spacial score (nSPS) is 17.4. The van der Waals surface area contributed by atoms with E-state index in [0.29, 0.717) is 6.04 Å². The monoisotopic (exact) mass is 143 g/mol. The molecule has 0 bridgehead atoms. The molecule has 1 N–H and O–H groups in total. The lowest BCUT2D eigenvalue weighted by Gasteiger charge is -2.19. The Labute approximate surface area is 65.2 Å². The molecule has 0 aliphatic rings. The van der Waals surface area contributed by atoms with Crippen molar-refractivity contribution in [3.05, 3.63) is 0 Å². The van der Waals surface area contributed by atoms with E-state index in [1.54, 1.807) is 0 Å². The van der Waals surface area contributed by atoms with Crippen LogP contribution in [0.3, 0.4) is 0 Å². The van der Waals surface area contributed by atoms with Gasteiger partial charge in [-0.2, -0.15) is 0 Å². The van der Waals surface area contributed by atoms with Crippen molar-refractivity contribution in [2.75, 3.05) is 7.05 Å². The molecule has 0 aromatic heterocycles. The molecule has 0 aromatic rings. The fraction of sp³-hybridized carbons (Fsp3) is 1.00. The Bertz CT molecular complexity index is 78.8. The molecule has 0 spiro atoms. The SMILES string of the molecule is CNC(C)C[C@@H](C)C(C)C. The maximum Gasteiger partial charge on any atom is 0.00383 e. The lowest BCUT2D eigenvalue weighted by atomic mass is 9.92. The predicted octanol–water partition coefficient (Wildman–Crippen LogP) is 2.28. The Morgan fingerprint density at radius 1 is 1.10 bits per heavy atom. The minimum Gasteiger partial charge on any atom is -0.317 e. The maximum absolute atomic E-state index is 3.25. The first-order valence-corrected chi connectivity index (χ1v) is 4.25. The fourth-order valence-corrected chi connectivity index (χ4v) is 0.948. The largest absolute Gasteiger partial charge is 0.317 e. The third kappa shape index (κ3) is 3.89. The third-order valence-corrected chi connectivity index (χ3v) is 2.36. The van der Waals surface area contributed by atoms with Crippen LogP contribution in [0, 0.1) is 11.8 Å². The van der Waals surface area contributed by atoms with Crippen LogP contribution in [0.25, 0.3) is 0 Å². The van der Waals surface area contributed by atoms with E-state index in [1.807, 2.05) is 7.05 Å². The van der Waals surface area contributed by atoms with Crippen LogP contribution < -0.4 is 5.32 Å². The first-order chi connectivity index (χ1) is 4.57. The van der Waals surface area contributed by atoms with Gasteiger partial charge in [0.25, 0.3) is 0 Å². The van der Waals surface area contributed by atoms with E-state index in [0.717, 1.165) is 11.8 Å². The van der Waals surface area contributed by atoms with Crippen molar-refractivity contribution in [3.63, 3.8) is 0 Å². The zero-order chi connectivity index (χ0) is 8.15. The van der Waals surface area contributed by atoms with Crippen molar-refractivity contribution in [3.8, 4) is 0 Å². The molecular formula is C9H21N. The topological polar surface area (TPSA) is 12.0 Å². The third-order valence-electron chi connectivity index (χ3n) is 2.36. The molecule has 0 fully saturated rings. The highest BCUT2D eigenvalue weighted by Crippen LogP contribution is 2.15. The second-order valence-electron chi connectivity index (χ2n) is 3.65. The predicted molar refractivity (Wildman–Crippen MR) is 47.1 cm³/mol. The van der Waals surface area contributed by atoms with Crippen LogP contribution in [-0.4, -0.2) is 13.1 Å². The molecule has 0 saturated carbocycles. The Kier molecular flexibility index (Phi) is 4.71. The molecule has 0 aliphatic heterocycles. The lowest BCUT2D eigenvalue weighted by Crippen LogP contribution is -2.25. The molecule has 1 heteroatoms. The van der Waals surface area contributed by atoms with Gasteiger partial charge in [0.15, 0.2) is 0 Å². The summed E-state index contributed by atoms with van der Waals surface area (Å²) in [6, 6.07) is 0.664. The van der Waals surface area contributed by atoms with Crippen LogP contribution in [0.2, 0.25) is 0 Å². The van der Waals surface area contributed by atoms with Crippen molar-refractivity contribution < 1.29 is 0 Å². The van der Waals surface area contributed by atoms with Gasteiger partial charge in [0.05, 0.1) is 0 Å². The second kappa shape index (κ2) is 4.73. The first-order valence-electron chi connectivity index (χ1n) is 4.25. The summed E-state index contributed by atoms with van der Waals surface area (Å²) in [6.07, 6.45) is 1.29. The molecule has 0 amide bonds. The van der Waals surface area contributed by atoms with Crippen LogP contribution in [0.1, 0.15) is 34.1 Å². The quantitative estimate of drug-likeness (QED) is 0.636. The molecule has 0 aromatic carbocycles. The summed E-state index contributed by atoms with van der Waals surface area (Å²) in [7, 11) is 2.03. The van der Waals surface area contributed by atoms with Gasteiger partial charge < -0.3 is 5.32 Å². The summed E-state index contributed by atoms with van der Waals surface area (Å²) in [6.45, 7) is 9.12. The number of rotatable bonds is 4.